The second kappa shape index (κ2) is 14.1. The van der Waals surface area contributed by atoms with Crippen LogP contribution in [-0.4, -0.2) is 37.5 Å². The van der Waals surface area contributed by atoms with E-state index in [4.69, 9.17) is 10.5 Å². The molecule has 0 atom stereocenters. The van der Waals surface area contributed by atoms with E-state index in [1.807, 2.05) is 0 Å². The number of phenolic OH excluding ortho intramolecular Hbond substituents is 1. The van der Waals surface area contributed by atoms with Crippen LogP contribution in [0.5, 0.6) is 11.5 Å². The van der Waals surface area contributed by atoms with Crippen LogP contribution in [0.3, 0.4) is 0 Å². The first kappa shape index (κ1) is 35.4. The largest absolute Gasteiger partial charge is 1.00 e. The number of nitrogens with two attached hydrogens (primary N) is 1. The number of fused-ring (bicyclic) bond motifs is 1. The molecule has 14 nitrogen and oxygen atoms in total. The number of benzene rings is 4. The Morgan fingerprint density at radius 1 is 0.810 bits per heavy atom. The van der Waals surface area contributed by atoms with E-state index in [9.17, 15) is 35.8 Å². The monoisotopic (exact) mass is 629 g/mol. The van der Waals surface area contributed by atoms with Crippen LogP contribution in [-0.2, 0) is 25.0 Å². The number of carbonyl (C=O) groups is 1. The molecule has 0 amide bonds. The number of nitrogen functional groups attached to an aromatic ring is 1. The van der Waals surface area contributed by atoms with Gasteiger partial charge in [0.15, 0.2) is 0 Å². The number of phenols is 1. The summed E-state index contributed by atoms with van der Waals surface area (Å²) < 4.78 is 74.7. The van der Waals surface area contributed by atoms with Crippen molar-refractivity contribution < 1.29 is 99.7 Å². The predicted octanol–water partition coefficient (Wildman–Crippen LogP) is -1.38. The van der Waals surface area contributed by atoms with Crippen molar-refractivity contribution in [1.82, 2.24) is 0 Å². The average Bonchev–Trinajstić information content (AvgIpc) is 2.87. The molecule has 4 rings (SSSR count). The zero-order valence-corrected chi connectivity index (χ0v) is 27.9. The molecule has 0 aromatic heterocycles. The summed E-state index contributed by atoms with van der Waals surface area (Å²) in [6, 6.07) is 13.0. The third-order valence-electron chi connectivity index (χ3n) is 5.48. The number of rotatable bonds is 8. The molecule has 0 heterocycles. The van der Waals surface area contributed by atoms with E-state index in [-0.39, 0.29) is 76.2 Å². The number of carbonyl (C=O) groups excluding carboxylic acids is 1. The van der Waals surface area contributed by atoms with E-state index in [2.05, 4.69) is 20.5 Å². The van der Waals surface area contributed by atoms with Crippen molar-refractivity contribution in [2.45, 2.75) is 16.7 Å². The minimum Gasteiger partial charge on any atom is -0.744 e. The van der Waals surface area contributed by atoms with E-state index < -0.39 is 46.5 Å². The number of nitrogens with zero attached hydrogens (tertiary/aromatic N) is 4. The maximum absolute atomic E-state index is 11.9. The Balaban J connectivity index is 0.00000308. The van der Waals surface area contributed by atoms with Gasteiger partial charge in [0, 0.05) is 5.39 Å². The summed E-state index contributed by atoms with van der Waals surface area (Å²) in [6.07, 6.45) is 0. The van der Waals surface area contributed by atoms with Gasteiger partial charge in [-0.25, -0.2) is 16.8 Å². The van der Waals surface area contributed by atoms with Crippen LogP contribution in [0, 0.1) is 6.92 Å². The van der Waals surface area contributed by atoms with Gasteiger partial charge in [-0.3, -0.25) is 4.79 Å². The molecule has 0 aliphatic heterocycles. The van der Waals surface area contributed by atoms with Crippen molar-refractivity contribution in [2.75, 3.05) is 5.73 Å². The summed E-state index contributed by atoms with van der Waals surface area (Å²) in [5.41, 5.74) is 7.34. The minimum atomic E-state index is -5.24. The van der Waals surface area contributed by atoms with Crippen molar-refractivity contribution in [2.24, 2.45) is 20.5 Å². The maximum atomic E-state index is 11.9. The van der Waals surface area contributed by atoms with Crippen LogP contribution in [0.15, 0.2) is 90.9 Å². The summed E-state index contributed by atoms with van der Waals surface area (Å²) in [5, 5.41) is 25.6. The summed E-state index contributed by atoms with van der Waals surface area (Å²) in [5.74, 6) is -0.495. The van der Waals surface area contributed by atoms with Gasteiger partial charge in [-0.2, -0.15) is 15.3 Å². The van der Waals surface area contributed by atoms with Gasteiger partial charge in [-0.1, -0.05) is 0 Å². The van der Waals surface area contributed by atoms with Gasteiger partial charge in [0.1, 0.15) is 37.4 Å². The quantitative estimate of drug-likeness (QED) is 0.0761. The fraction of sp³-hybridized carbons (Fsp3) is 0.0417. The zero-order chi connectivity index (χ0) is 29.2. The molecule has 42 heavy (non-hydrogen) atoms. The van der Waals surface area contributed by atoms with Crippen LogP contribution >= 0.6 is 0 Å². The Hall–Kier alpha value is -2.77. The standard InChI is InChI=1S/C24H19N5O9S2.2Na/c1-13-8-15(4-7-19(13)28-26-14-2-5-16(6-3-14)38-12-30)27-29-20-11-22(40(35,36)37)18-9-17(39(32,33)34)10-21(31)23(18)24(20)25;;/h2-12,31H,25H2,1H3,(H,32,33,34)(H,35,36,37);;/q;2*+1/p-2. The topological polar surface area (TPSA) is 236 Å². The fourth-order valence-corrected chi connectivity index (χ4v) is 4.81. The minimum absolute atomic E-state index is 0. The smallest absolute Gasteiger partial charge is 0.744 e. The number of azo groups is 2. The number of aromatic hydroxyl groups is 1. The Morgan fingerprint density at radius 2 is 1.40 bits per heavy atom. The first-order chi connectivity index (χ1) is 18.8. The Kier molecular flexibility index (Phi) is 11.9. The molecule has 4 aromatic carbocycles. The van der Waals surface area contributed by atoms with Gasteiger partial charge >= 0.3 is 59.1 Å². The molecular weight excluding hydrogens is 612 g/mol. The summed E-state index contributed by atoms with van der Waals surface area (Å²) >= 11 is 0. The molecule has 0 saturated heterocycles. The maximum Gasteiger partial charge on any atom is 1.00 e. The van der Waals surface area contributed by atoms with Gasteiger partial charge in [0.2, 0.25) is 0 Å². The molecule has 0 unspecified atom stereocenters. The van der Waals surface area contributed by atoms with Crippen LogP contribution < -0.4 is 69.6 Å². The molecule has 4 aromatic rings. The van der Waals surface area contributed by atoms with E-state index in [1.54, 1.807) is 43.3 Å². The first-order valence-electron chi connectivity index (χ1n) is 10.9. The second-order valence-electron chi connectivity index (χ2n) is 8.16. The first-order valence-corrected chi connectivity index (χ1v) is 13.7. The molecule has 0 fully saturated rings. The van der Waals surface area contributed by atoms with Crippen molar-refractivity contribution in [3.05, 3.63) is 66.2 Å². The van der Waals surface area contributed by atoms with Crippen LogP contribution in [0.2, 0.25) is 0 Å². The van der Waals surface area contributed by atoms with Gasteiger partial charge in [-0.05, 0) is 73.2 Å². The van der Waals surface area contributed by atoms with E-state index in [0.717, 1.165) is 6.07 Å². The molecule has 0 aliphatic carbocycles. The van der Waals surface area contributed by atoms with Crippen molar-refractivity contribution in [3.63, 3.8) is 0 Å². The van der Waals surface area contributed by atoms with Crippen molar-refractivity contribution >= 4 is 65.9 Å². The number of ether oxygens (including phenoxy) is 1. The predicted molar refractivity (Wildman–Crippen MR) is 139 cm³/mol. The SMILES string of the molecule is Cc1cc(N=Nc2cc(S(=O)(=O)[O-])c3cc(S(=O)(=O)[O-])cc(O)c3c2N)ccc1N=Nc1ccc(OC=O)cc1.[Na+].[Na+]. The molecular formula is C24H17N5Na2O9S2. The van der Waals surface area contributed by atoms with Crippen LogP contribution in [0.25, 0.3) is 10.8 Å². The molecule has 0 aliphatic rings. The van der Waals surface area contributed by atoms with Gasteiger partial charge in [0.05, 0.1) is 37.9 Å². The summed E-state index contributed by atoms with van der Waals surface area (Å²) in [4.78, 5) is 8.48. The van der Waals surface area contributed by atoms with E-state index in [1.165, 1.54) is 6.07 Å². The van der Waals surface area contributed by atoms with Gasteiger partial charge < -0.3 is 24.7 Å². The molecule has 3 N–H and O–H groups in total. The second-order valence-corrected chi connectivity index (χ2v) is 10.9. The molecule has 0 saturated carbocycles. The third kappa shape index (κ3) is 8.19. The molecule has 0 spiro atoms. The number of aryl methyl sites for hydroxylation is 1. The Bertz CT molecular complexity index is 1930. The normalized spacial score (nSPS) is 11.8. The van der Waals surface area contributed by atoms with Crippen LogP contribution in [0.1, 0.15) is 5.56 Å². The number of hydrogen-bond acceptors (Lipinski definition) is 14. The van der Waals surface area contributed by atoms with Crippen molar-refractivity contribution in [3.8, 4) is 11.5 Å². The number of hydrogen-bond donors (Lipinski definition) is 2. The fourth-order valence-electron chi connectivity index (χ4n) is 3.60. The van der Waals surface area contributed by atoms with Crippen molar-refractivity contribution in [1.29, 1.82) is 0 Å². The van der Waals surface area contributed by atoms with Gasteiger partial charge in [0.25, 0.3) is 6.47 Å². The van der Waals surface area contributed by atoms with E-state index in [0.29, 0.717) is 41.3 Å². The molecule has 18 heteroatoms. The zero-order valence-electron chi connectivity index (χ0n) is 22.2. The average molecular weight is 630 g/mol. The Morgan fingerprint density at radius 3 is 1.98 bits per heavy atom. The van der Waals surface area contributed by atoms with Crippen LogP contribution in [0.4, 0.5) is 28.4 Å². The summed E-state index contributed by atoms with van der Waals surface area (Å²) in [6.45, 7) is 2.03. The van der Waals surface area contributed by atoms with Gasteiger partial charge in [-0.15, -0.1) is 5.11 Å². The molecule has 206 valence electrons. The van der Waals surface area contributed by atoms with E-state index >= 15 is 0 Å². The Labute approximate surface area is 283 Å². The molecule has 0 bridgehead atoms. The number of anilines is 1. The molecule has 0 radical (unpaired) electrons. The third-order valence-corrected chi connectivity index (χ3v) is 7.16. The summed E-state index contributed by atoms with van der Waals surface area (Å²) in [7, 11) is -10.3.